The van der Waals surface area contributed by atoms with E-state index in [1.807, 2.05) is 42.8 Å². The summed E-state index contributed by atoms with van der Waals surface area (Å²) in [5.41, 5.74) is 0.910. The SMILES string of the molecule is CC(c1cc2ccccc2o1)N(C)Cc1noc(-c2cccs2)n1. The minimum atomic E-state index is 0.112. The molecule has 0 radical (unpaired) electrons. The summed E-state index contributed by atoms with van der Waals surface area (Å²) < 4.78 is 11.3. The Morgan fingerprint density at radius 3 is 2.88 bits per heavy atom. The molecule has 3 heterocycles. The predicted octanol–water partition coefficient (Wildman–Crippen LogP) is 4.74. The second-order valence-corrected chi connectivity index (χ2v) is 6.72. The Morgan fingerprint density at radius 2 is 2.08 bits per heavy atom. The lowest BCUT2D eigenvalue weighted by Crippen LogP contribution is -2.22. The van der Waals surface area contributed by atoms with Crippen LogP contribution in [0, 0.1) is 0 Å². The lowest BCUT2D eigenvalue weighted by molar-refractivity contribution is 0.218. The number of fused-ring (bicyclic) bond motifs is 1. The number of hydrogen-bond donors (Lipinski definition) is 0. The summed E-state index contributed by atoms with van der Waals surface area (Å²) in [6, 6.07) is 14.2. The lowest BCUT2D eigenvalue weighted by atomic mass is 10.2. The Bertz CT molecular complexity index is 909. The molecule has 0 saturated carbocycles. The molecule has 1 unspecified atom stereocenters. The van der Waals surface area contributed by atoms with Crippen LogP contribution in [0.1, 0.15) is 24.6 Å². The van der Waals surface area contributed by atoms with Crippen LogP contribution in [-0.4, -0.2) is 22.1 Å². The Labute approximate surface area is 143 Å². The number of benzene rings is 1. The van der Waals surface area contributed by atoms with E-state index in [9.17, 15) is 0 Å². The third-order valence-corrected chi connectivity index (χ3v) is 4.97. The molecule has 4 aromatic rings. The maximum Gasteiger partial charge on any atom is 0.268 e. The van der Waals surface area contributed by atoms with Gasteiger partial charge in [-0.15, -0.1) is 11.3 Å². The molecule has 0 saturated heterocycles. The zero-order valence-corrected chi connectivity index (χ0v) is 14.3. The van der Waals surface area contributed by atoms with Gasteiger partial charge in [0.25, 0.3) is 5.89 Å². The van der Waals surface area contributed by atoms with Crippen LogP contribution >= 0.6 is 11.3 Å². The molecule has 6 heteroatoms. The third-order valence-electron chi connectivity index (χ3n) is 4.11. The van der Waals surface area contributed by atoms with E-state index in [1.54, 1.807) is 11.3 Å². The van der Waals surface area contributed by atoms with Crippen molar-refractivity contribution in [1.82, 2.24) is 15.0 Å². The first-order valence-corrected chi connectivity index (χ1v) is 8.64. The molecule has 0 bridgehead atoms. The average Bonchev–Trinajstić information content (AvgIpc) is 3.32. The molecule has 5 nitrogen and oxygen atoms in total. The van der Waals surface area contributed by atoms with E-state index in [-0.39, 0.29) is 6.04 Å². The molecule has 24 heavy (non-hydrogen) atoms. The van der Waals surface area contributed by atoms with Gasteiger partial charge in [0.15, 0.2) is 5.82 Å². The quantitative estimate of drug-likeness (QED) is 0.526. The number of furan rings is 1. The lowest BCUT2D eigenvalue weighted by Gasteiger charge is -2.20. The number of rotatable bonds is 5. The van der Waals surface area contributed by atoms with Crippen LogP contribution in [0.2, 0.25) is 0 Å². The van der Waals surface area contributed by atoms with Gasteiger partial charge in [0.05, 0.1) is 17.5 Å². The topological polar surface area (TPSA) is 55.3 Å². The van der Waals surface area contributed by atoms with Gasteiger partial charge in [0, 0.05) is 5.39 Å². The summed E-state index contributed by atoms with van der Waals surface area (Å²) in [7, 11) is 2.03. The zero-order chi connectivity index (χ0) is 16.5. The van der Waals surface area contributed by atoms with Crippen LogP contribution in [0.4, 0.5) is 0 Å². The number of hydrogen-bond acceptors (Lipinski definition) is 6. The van der Waals surface area contributed by atoms with Gasteiger partial charge in [0.2, 0.25) is 0 Å². The standard InChI is InChI=1S/C18H17N3O2S/c1-12(15-10-13-6-3-4-7-14(13)22-15)21(2)11-17-19-18(23-20-17)16-8-5-9-24-16/h3-10,12H,11H2,1-2H3. The van der Waals surface area contributed by atoms with Gasteiger partial charge in [-0.2, -0.15) is 4.98 Å². The molecule has 0 aliphatic carbocycles. The Kier molecular flexibility index (Phi) is 3.92. The molecule has 122 valence electrons. The Morgan fingerprint density at radius 1 is 1.21 bits per heavy atom. The molecular weight excluding hydrogens is 322 g/mol. The fourth-order valence-corrected chi connectivity index (χ4v) is 3.25. The molecule has 0 spiro atoms. The first-order chi connectivity index (χ1) is 11.7. The maximum atomic E-state index is 5.95. The summed E-state index contributed by atoms with van der Waals surface area (Å²) in [5.74, 6) is 2.18. The van der Waals surface area contributed by atoms with E-state index in [0.29, 0.717) is 18.3 Å². The predicted molar refractivity (Wildman–Crippen MR) is 93.7 cm³/mol. The molecule has 0 aliphatic heterocycles. The second-order valence-electron chi connectivity index (χ2n) is 5.77. The molecule has 0 aliphatic rings. The Hall–Kier alpha value is -2.44. The van der Waals surface area contributed by atoms with E-state index >= 15 is 0 Å². The van der Waals surface area contributed by atoms with Gasteiger partial charge in [-0.3, -0.25) is 4.90 Å². The largest absolute Gasteiger partial charge is 0.459 e. The summed E-state index contributed by atoms with van der Waals surface area (Å²) in [6.45, 7) is 2.70. The molecule has 0 amide bonds. The Balaban J connectivity index is 1.50. The van der Waals surface area contributed by atoms with Gasteiger partial charge < -0.3 is 8.94 Å². The second kappa shape index (κ2) is 6.22. The van der Waals surface area contributed by atoms with Crippen LogP contribution in [0.15, 0.2) is 56.8 Å². The van der Waals surface area contributed by atoms with Crippen molar-refractivity contribution in [3.05, 3.63) is 59.4 Å². The maximum absolute atomic E-state index is 5.95. The van der Waals surface area contributed by atoms with Gasteiger partial charge >= 0.3 is 0 Å². The molecule has 1 atom stereocenters. The molecule has 0 fully saturated rings. The zero-order valence-electron chi connectivity index (χ0n) is 13.5. The van der Waals surface area contributed by atoms with Gasteiger partial charge in [0.1, 0.15) is 11.3 Å². The molecule has 3 aromatic heterocycles. The number of para-hydroxylation sites is 1. The highest BCUT2D eigenvalue weighted by molar-refractivity contribution is 7.13. The minimum Gasteiger partial charge on any atom is -0.459 e. The van der Waals surface area contributed by atoms with E-state index in [0.717, 1.165) is 21.6 Å². The highest BCUT2D eigenvalue weighted by atomic mass is 32.1. The average molecular weight is 339 g/mol. The number of thiophene rings is 1. The highest BCUT2D eigenvalue weighted by Crippen LogP contribution is 2.28. The van der Waals surface area contributed by atoms with Crippen molar-refractivity contribution in [3.63, 3.8) is 0 Å². The van der Waals surface area contributed by atoms with Crippen molar-refractivity contribution < 1.29 is 8.94 Å². The molecule has 1 aromatic carbocycles. The molecule has 0 N–H and O–H groups in total. The van der Waals surface area contributed by atoms with Crippen molar-refractivity contribution in [2.45, 2.75) is 19.5 Å². The third kappa shape index (κ3) is 2.86. The van der Waals surface area contributed by atoms with Crippen LogP contribution in [0.5, 0.6) is 0 Å². The van der Waals surface area contributed by atoms with E-state index in [2.05, 4.69) is 34.1 Å². The van der Waals surface area contributed by atoms with Crippen molar-refractivity contribution in [2.75, 3.05) is 7.05 Å². The van der Waals surface area contributed by atoms with Crippen LogP contribution in [-0.2, 0) is 6.54 Å². The van der Waals surface area contributed by atoms with Crippen molar-refractivity contribution in [1.29, 1.82) is 0 Å². The van der Waals surface area contributed by atoms with Crippen molar-refractivity contribution in [3.8, 4) is 10.8 Å². The summed E-state index contributed by atoms with van der Waals surface area (Å²) in [5, 5.41) is 7.19. The molecular formula is C18H17N3O2S. The van der Waals surface area contributed by atoms with E-state index in [4.69, 9.17) is 8.94 Å². The number of aromatic nitrogens is 2. The van der Waals surface area contributed by atoms with Gasteiger partial charge in [-0.25, -0.2) is 0 Å². The first-order valence-electron chi connectivity index (χ1n) is 7.76. The fourth-order valence-electron chi connectivity index (χ4n) is 2.60. The van der Waals surface area contributed by atoms with Crippen LogP contribution < -0.4 is 0 Å². The van der Waals surface area contributed by atoms with Crippen LogP contribution in [0.3, 0.4) is 0 Å². The summed E-state index contributed by atoms with van der Waals surface area (Å²) in [6.07, 6.45) is 0. The van der Waals surface area contributed by atoms with Crippen molar-refractivity contribution >= 4 is 22.3 Å². The normalized spacial score (nSPS) is 13.0. The smallest absolute Gasteiger partial charge is 0.268 e. The molecule has 4 rings (SSSR count). The summed E-state index contributed by atoms with van der Waals surface area (Å²) >= 11 is 1.59. The van der Waals surface area contributed by atoms with E-state index < -0.39 is 0 Å². The number of nitrogens with zero attached hydrogens (tertiary/aromatic N) is 3. The van der Waals surface area contributed by atoms with Crippen molar-refractivity contribution in [2.24, 2.45) is 0 Å². The van der Waals surface area contributed by atoms with Gasteiger partial charge in [-0.05, 0) is 37.6 Å². The minimum absolute atomic E-state index is 0.112. The highest BCUT2D eigenvalue weighted by Gasteiger charge is 2.19. The van der Waals surface area contributed by atoms with Gasteiger partial charge in [-0.1, -0.05) is 29.4 Å². The monoisotopic (exact) mass is 339 g/mol. The van der Waals surface area contributed by atoms with E-state index in [1.165, 1.54) is 0 Å². The van der Waals surface area contributed by atoms with Crippen LogP contribution in [0.25, 0.3) is 21.7 Å². The fraction of sp³-hybridized carbons (Fsp3) is 0.222. The summed E-state index contributed by atoms with van der Waals surface area (Å²) in [4.78, 5) is 7.60. The first kappa shape index (κ1) is 15.1.